The molecule has 0 unspecified atom stereocenters. The van der Waals surface area contributed by atoms with Crippen molar-refractivity contribution < 1.29 is 0 Å². The minimum atomic E-state index is 0.715. The van der Waals surface area contributed by atoms with E-state index in [4.69, 9.17) is 0 Å². The van der Waals surface area contributed by atoms with Crippen LogP contribution in [0.2, 0.25) is 0 Å². The summed E-state index contributed by atoms with van der Waals surface area (Å²) in [5, 5.41) is 3.43. The molecule has 0 radical (unpaired) electrons. The highest BCUT2D eigenvalue weighted by atomic mass is 15.2. The zero-order valence-corrected chi connectivity index (χ0v) is 11.9. The lowest BCUT2D eigenvalue weighted by molar-refractivity contribution is 0.249. The molecule has 3 rings (SSSR count). The van der Waals surface area contributed by atoms with Crippen molar-refractivity contribution in [3.05, 3.63) is 17.6 Å². The van der Waals surface area contributed by atoms with E-state index in [9.17, 15) is 0 Å². The normalized spacial score (nSPS) is 20.7. The summed E-state index contributed by atoms with van der Waals surface area (Å²) in [6.45, 7) is 4.16. The lowest BCUT2D eigenvalue weighted by Gasteiger charge is -2.37. The molecular formula is C14H23N5. The third-order valence-electron chi connectivity index (χ3n) is 4.35. The van der Waals surface area contributed by atoms with Crippen molar-refractivity contribution in [3.63, 3.8) is 0 Å². The number of fused-ring (bicyclic) bond motifs is 1. The van der Waals surface area contributed by atoms with E-state index in [0.29, 0.717) is 6.04 Å². The van der Waals surface area contributed by atoms with Gasteiger partial charge in [-0.1, -0.05) is 0 Å². The number of hydrogen-bond acceptors (Lipinski definition) is 5. The van der Waals surface area contributed by atoms with E-state index in [1.807, 2.05) is 0 Å². The smallest absolute Gasteiger partial charge is 0.136 e. The van der Waals surface area contributed by atoms with Crippen molar-refractivity contribution in [1.82, 2.24) is 20.2 Å². The zero-order valence-electron chi connectivity index (χ0n) is 11.9. The molecule has 19 heavy (non-hydrogen) atoms. The summed E-state index contributed by atoms with van der Waals surface area (Å²) in [5.41, 5.74) is 2.55. The molecule has 3 heterocycles. The van der Waals surface area contributed by atoms with Crippen LogP contribution in [0.4, 0.5) is 5.82 Å². The highest BCUT2D eigenvalue weighted by Crippen LogP contribution is 2.26. The van der Waals surface area contributed by atoms with Crippen molar-refractivity contribution in [3.8, 4) is 0 Å². The third kappa shape index (κ3) is 2.58. The van der Waals surface area contributed by atoms with Crippen molar-refractivity contribution in [2.75, 3.05) is 38.6 Å². The summed E-state index contributed by atoms with van der Waals surface area (Å²) in [4.78, 5) is 13.8. The van der Waals surface area contributed by atoms with Gasteiger partial charge in [0.05, 0.1) is 5.69 Å². The van der Waals surface area contributed by atoms with Gasteiger partial charge in [0.25, 0.3) is 0 Å². The Morgan fingerprint density at radius 3 is 2.79 bits per heavy atom. The van der Waals surface area contributed by atoms with Crippen LogP contribution in [-0.2, 0) is 13.0 Å². The monoisotopic (exact) mass is 261 g/mol. The SMILES string of the molecule is CN(C)C1CCN(c2ncnc3c2CNCC3)CC1. The van der Waals surface area contributed by atoms with Crippen LogP contribution in [0, 0.1) is 0 Å². The summed E-state index contributed by atoms with van der Waals surface area (Å²) < 4.78 is 0. The quantitative estimate of drug-likeness (QED) is 0.847. The minimum absolute atomic E-state index is 0.715. The van der Waals surface area contributed by atoms with Crippen molar-refractivity contribution in [2.24, 2.45) is 0 Å². The maximum Gasteiger partial charge on any atom is 0.136 e. The van der Waals surface area contributed by atoms with E-state index in [-0.39, 0.29) is 0 Å². The van der Waals surface area contributed by atoms with Gasteiger partial charge in [0.1, 0.15) is 12.1 Å². The standard InChI is InChI=1S/C14H23N5/c1-18(2)11-4-7-19(8-5-11)14-12-9-15-6-3-13(12)16-10-17-14/h10-11,15H,3-9H2,1-2H3. The van der Waals surface area contributed by atoms with Crippen molar-refractivity contribution >= 4 is 5.82 Å². The van der Waals surface area contributed by atoms with E-state index in [0.717, 1.165) is 38.4 Å². The Labute approximate surface area is 115 Å². The fourth-order valence-electron chi connectivity index (χ4n) is 3.12. The topological polar surface area (TPSA) is 44.3 Å². The number of anilines is 1. The van der Waals surface area contributed by atoms with Gasteiger partial charge in [-0.05, 0) is 26.9 Å². The Hall–Kier alpha value is -1.20. The number of rotatable bonds is 2. The number of aromatic nitrogens is 2. The fourth-order valence-corrected chi connectivity index (χ4v) is 3.12. The highest BCUT2D eigenvalue weighted by Gasteiger charge is 2.25. The average Bonchev–Trinajstić information content (AvgIpc) is 2.47. The van der Waals surface area contributed by atoms with Gasteiger partial charge in [-0.15, -0.1) is 0 Å². The Kier molecular flexibility index (Phi) is 3.66. The summed E-state index contributed by atoms with van der Waals surface area (Å²) in [7, 11) is 4.35. The molecule has 0 saturated carbocycles. The molecule has 0 atom stereocenters. The van der Waals surface area contributed by atoms with Crippen LogP contribution in [0.3, 0.4) is 0 Å². The van der Waals surface area contributed by atoms with E-state index < -0.39 is 0 Å². The molecule has 1 saturated heterocycles. The molecular weight excluding hydrogens is 238 g/mol. The van der Waals surface area contributed by atoms with Crippen LogP contribution in [0.1, 0.15) is 24.1 Å². The van der Waals surface area contributed by atoms with E-state index in [1.54, 1.807) is 6.33 Å². The maximum absolute atomic E-state index is 4.55. The number of piperidine rings is 1. The summed E-state index contributed by atoms with van der Waals surface area (Å²) in [6.07, 6.45) is 5.20. The van der Waals surface area contributed by atoms with Gasteiger partial charge in [-0.3, -0.25) is 0 Å². The Morgan fingerprint density at radius 1 is 1.26 bits per heavy atom. The second-order valence-corrected chi connectivity index (χ2v) is 5.73. The van der Waals surface area contributed by atoms with Gasteiger partial charge in [-0.2, -0.15) is 0 Å². The molecule has 2 aliphatic rings. The van der Waals surface area contributed by atoms with Gasteiger partial charge in [0.15, 0.2) is 0 Å². The van der Waals surface area contributed by atoms with Crippen LogP contribution in [0.5, 0.6) is 0 Å². The first-order chi connectivity index (χ1) is 9.25. The Bertz CT molecular complexity index is 437. The second kappa shape index (κ2) is 5.43. The first-order valence-electron chi connectivity index (χ1n) is 7.20. The lowest BCUT2D eigenvalue weighted by atomic mass is 10.0. The van der Waals surface area contributed by atoms with Crippen LogP contribution in [0.25, 0.3) is 0 Å². The molecule has 1 aromatic rings. The number of nitrogens with zero attached hydrogens (tertiary/aromatic N) is 4. The predicted molar refractivity (Wildman–Crippen MR) is 76.4 cm³/mol. The fraction of sp³-hybridized carbons (Fsp3) is 0.714. The molecule has 5 nitrogen and oxygen atoms in total. The van der Waals surface area contributed by atoms with E-state index >= 15 is 0 Å². The second-order valence-electron chi connectivity index (χ2n) is 5.73. The third-order valence-corrected chi connectivity index (χ3v) is 4.35. The van der Waals surface area contributed by atoms with Crippen LogP contribution >= 0.6 is 0 Å². The Morgan fingerprint density at radius 2 is 2.05 bits per heavy atom. The van der Waals surface area contributed by atoms with Gasteiger partial charge < -0.3 is 15.1 Å². The molecule has 1 N–H and O–H groups in total. The number of nitrogens with one attached hydrogen (secondary N) is 1. The summed E-state index contributed by atoms with van der Waals surface area (Å²) in [6, 6.07) is 0.715. The van der Waals surface area contributed by atoms with Crippen LogP contribution in [0.15, 0.2) is 6.33 Å². The molecule has 0 aromatic carbocycles. The first-order valence-corrected chi connectivity index (χ1v) is 7.20. The van der Waals surface area contributed by atoms with Crippen LogP contribution in [-0.4, -0.2) is 54.6 Å². The van der Waals surface area contributed by atoms with E-state index in [2.05, 4.69) is 39.2 Å². The van der Waals surface area contributed by atoms with Gasteiger partial charge in [-0.25, -0.2) is 9.97 Å². The van der Waals surface area contributed by atoms with Crippen molar-refractivity contribution in [1.29, 1.82) is 0 Å². The molecule has 1 fully saturated rings. The molecule has 0 amide bonds. The summed E-state index contributed by atoms with van der Waals surface area (Å²) in [5.74, 6) is 1.16. The van der Waals surface area contributed by atoms with Gasteiger partial charge in [0, 0.05) is 44.2 Å². The molecule has 0 aliphatic carbocycles. The Balaban J connectivity index is 1.77. The van der Waals surface area contributed by atoms with Gasteiger partial charge >= 0.3 is 0 Å². The largest absolute Gasteiger partial charge is 0.356 e. The molecule has 2 aliphatic heterocycles. The van der Waals surface area contributed by atoms with Crippen molar-refractivity contribution in [2.45, 2.75) is 31.8 Å². The molecule has 104 valence electrons. The van der Waals surface area contributed by atoms with E-state index in [1.165, 1.54) is 24.1 Å². The van der Waals surface area contributed by atoms with Gasteiger partial charge in [0.2, 0.25) is 0 Å². The average molecular weight is 261 g/mol. The molecule has 0 bridgehead atoms. The maximum atomic E-state index is 4.55. The first kappa shape index (κ1) is 12.8. The minimum Gasteiger partial charge on any atom is -0.356 e. The molecule has 0 spiro atoms. The summed E-state index contributed by atoms with van der Waals surface area (Å²) >= 11 is 0. The lowest BCUT2D eigenvalue weighted by Crippen LogP contribution is -2.43. The highest BCUT2D eigenvalue weighted by molar-refractivity contribution is 5.49. The zero-order chi connectivity index (χ0) is 13.2. The van der Waals surface area contributed by atoms with Crippen LogP contribution < -0.4 is 10.2 Å². The molecule has 5 heteroatoms. The number of hydrogen-bond donors (Lipinski definition) is 1. The predicted octanol–water partition coefficient (Wildman–Crippen LogP) is 0.653. The molecule has 1 aromatic heterocycles.